The van der Waals surface area contributed by atoms with E-state index in [1.54, 1.807) is 4.72 Å². The fraction of sp³-hybridized carbons (Fsp3) is 0.167. The van der Waals surface area contributed by atoms with E-state index >= 15 is 0 Å². The fourth-order valence-electron chi connectivity index (χ4n) is 0.424. The Balaban J connectivity index is 4.15. The van der Waals surface area contributed by atoms with Crippen LogP contribution >= 0.6 is 0 Å². The smallest absolute Gasteiger partial charge is 0.357 e. The number of hydrogen-bond donors (Lipinski definition) is 2. The molecule has 2 N–H and O–H groups in total. The Morgan fingerprint density at radius 3 is 2.54 bits per heavy atom. The highest BCUT2D eigenvalue weighted by Crippen LogP contribution is 1.89. The van der Waals surface area contributed by atoms with Gasteiger partial charge in [-0.05, 0) is 12.2 Å². The van der Waals surface area contributed by atoms with Gasteiger partial charge in [-0.15, -0.1) is 0 Å². The van der Waals surface area contributed by atoms with Gasteiger partial charge in [0, 0.05) is 6.20 Å². The van der Waals surface area contributed by atoms with E-state index in [1.807, 2.05) is 0 Å². The zero-order chi connectivity index (χ0) is 10.3. The van der Waals surface area contributed by atoms with Crippen LogP contribution in [-0.2, 0) is 19.8 Å². The molecule has 0 unspecified atom stereocenters. The van der Waals surface area contributed by atoms with Gasteiger partial charge in [-0.25, -0.2) is 0 Å². The van der Waals surface area contributed by atoms with Crippen LogP contribution < -0.4 is 4.72 Å². The number of aldehydes is 1. The highest BCUT2D eigenvalue weighted by Gasteiger charge is 1.94. The summed E-state index contributed by atoms with van der Waals surface area (Å²) in [5.74, 6) is 0.0355. The lowest BCUT2D eigenvalue weighted by atomic mass is 10.4. The minimum Gasteiger partial charge on any atom is -0.493 e. The molecule has 0 heterocycles. The molecule has 0 aromatic rings. The van der Waals surface area contributed by atoms with Gasteiger partial charge in [-0.2, -0.15) is 8.42 Å². The Bertz CT molecular complexity index is 316. The summed E-state index contributed by atoms with van der Waals surface area (Å²) in [5.41, 5.74) is 0. The molecule has 13 heavy (non-hydrogen) atoms. The quantitative estimate of drug-likeness (QED) is 0.211. The van der Waals surface area contributed by atoms with Gasteiger partial charge in [0.25, 0.3) is 0 Å². The molecule has 6 nitrogen and oxygen atoms in total. The Hall–Kier alpha value is -1.34. The molecule has 0 aromatic heterocycles. The number of hydrogen-bond acceptors (Lipinski definition) is 4. The van der Waals surface area contributed by atoms with Gasteiger partial charge in [0.1, 0.15) is 0 Å². The third-order valence-corrected chi connectivity index (χ3v) is 1.36. The molecule has 0 aromatic carbocycles. The maximum absolute atomic E-state index is 10.1. The number of methoxy groups -OCH3 is 1. The first-order valence-corrected chi connectivity index (χ1v) is 4.54. The van der Waals surface area contributed by atoms with Gasteiger partial charge in [0.2, 0.25) is 0 Å². The molecule has 0 rings (SSSR count). The molecule has 0 aliphatic heterocycles. The van der Waals surface area contributed by atoms with Crippen molar-refractivity contribution in [3.63, 3.8) is 0 Å². The molecule has 0 spiro atoms. The van der Waals surface area contributed by atoms with Gasteiger partial charge in [0.05, 0.1) is 7.11 Å². The van der Waals surface area contributed by atoms with Gasteiger partial charge in [-0.3, -0.25) is 14.1 Å². The van der Waals surface area contributed by atoms with Crippen molar-refractivity contribution in [3.8, 4) is 0 Å². The number of carbonyl (C=O) groups excluding carboxylic acids is 1. The van der Waals surface area contributed by atoms with Crippen LogP contribution in [0.15, 0.2) is 24.1 Å². The van der Waals surface area contributed by atoms with Crippen molar-refractivity contribution in [2.45, 2.75) is 0 Å². The third-order valence-electron chi connectivity index (χ3n) is 0.926. The van der Waals surface area contributed by atoms with Crippen molar-refractivity contribution < 1.29 is 22.5 Å². The van der Waals surface area contributed by atoms with Crippen molar-refractivity contribution in [2.24, 2.45) is 0 Å². The number of allylic oxidation sites excluding steroid dienone is 3. The van der Waals surface area contributed by atoms with Crippen LogP contribution in [0.3, 0.4) is 0 Å². The van der Waals surface area contributed by atoms with Crippen molar-refractivity contribution in [1.82, 2.24) is 4.72 Å². The summed E-state index contributed by atoms with van der Waals surface area (Å²) in [6, 6.07) is 0. The topological polar surface area (TPSA) is 92.7 Å². The summed E-state index contributed by atoms with van der Waals surface area (Å²) in [6.07, 6.45) is 3.82. The van der Waals surface area contributed by atoms with E-state index in [0.717, 1.165) is 6.20 Å². The maximum atomic E-state index is 10.1. The molecule has 0 saturated heterocycles. The first-order chi connectivity index (χ1) is 5.99. The summed E-state index contributed by atoms with van der Waals surface area (Å²) in [4.78, 5) is 10.1. The van der Waals surface area contributed by atoms with E-state index in [1.165, 1.54) is 19.3 Å². The highest BCUT2D eigenvalue weighted by molar-refractivity contribution is 7.83. The highest BCUT2D eigenvalue weighted by atomic mass is 32.2. The van der Waals surface area contributed by atoms with Gasteiger partial charge in [0.15, 0.2) is 12.0 Å². The SMILES string of the molecule is COC(C=O)=CC=CNS(=O)(=O)O. The van der Waals surface area contributed by atoms with E-state index in [-0.39, 0.29) is 5.76 Å². The lowest BCUT2D eigenvalue weighted by Gasteiger charge is -1.93. The number of ether oxygens (including phenoxy) is 1. The zero-order valence-electron chi connectivity index (χ0n) is 6.80. The Morgan fingerprint density at radius 2 is 2.15 bits per heavy atom. The average Bonchev–Trinajstić information content (AvgIpc) is 2.03. The Kier molecular flexibility index (Phi) is 4.78. The first-order valence-electron chi connectivity index (χ1n) is 3.10. The predicted molar refractivity (Wildman–Crippen MR) is 45.0 cm³/mol. The van der Waals surface area contributed by atoms with Gasteiger partial charge < -0.3 is 4.74 Å². The molecule has 0 aliphatic rings. The zero-order valence-corrected chi connectivity index (χ0v) is 7.61. The Labute approximate surface area is 75.8 Å². The van der Waals surface area contributed by atoms with Crippen LogP contribution in [0.4, 0.5) is 0 Å². The normalized spacial score (nSPS) is 12.9. The number of carbonyl (C=O) groups is 1. The number of rotatable bonds is 5. The van der Waals surface area contributed by atoms with Crippen molar-refractivity contribution in [3.05, 3.63) is 24.1 Å². The van der Waals surface area contributed by atoms with E-state index in [0.29, 0.717) is 6.29 Å². The molecule has 0 fully saturated rings. The van der Waals surface area contributed by atoms with E-state index in [9.17, 15) is 13.2 Å². The summed E-state index contributed by atoms with van der Waals surface area (Å²) < 4.78 is 34.5. The number of nitrogens with one attached hydrogen (secondary N) is 1. The van der Waals surface area contributed by atoms with Crippen molar-refractivity contribution in [1.29, 1.82) is 0 Å². The molecule has 0 saturated carbocycles. The molecule has 0 atom stereocenters. The second kappa shape index (κ2) is 5.33. The molecule has 7 heteroatoms. The lowest BCUT2D eigenvalue weighted by molar-refractivity contribution is -0.107. The molecule has 0 radical (unpaired) electrons. The van der Waals surface area contributed by atoms with E-state index < -0.39 is 10.3 Å². The average molecular weight is 207 g/mol. The van der Waals surface area contributed by atoms with Crippen LogP contribution in [0.2, 0.25) is 0 Å². The van der Waals surface area contributed by atoms with Crippen LogP contribution in [0.25, 0.3) is 0 Å². The van der Waals surface area contributed by atoms with Gasteiger partial charge in [-0.1, -0.05) is 0 Å². The monoisotopic (exact) mass is 207 g/mol. The summed E-state index contributed by atoms with van der Waals surface area (Å²) >= 11 is 0. The molecule has 0 amide bonds. The second-order valence-corrected chi connectivity index (χ2v) is 3.03. The van der Waals surface area contributed by atoms with E-state index in [2.05, 4.69) is 4.74 Å². The first kappa shape index (κ1) is 11.7. The minimum absolute atomic E-state index is 0.0355. The molecular weight excluding hydrogens is 198 g/mol. The van der Waals surface area contributed by atoms with Crippen LogP contribution in [0.1, 0.15) is 0 Å². The minimum atomic E-state index is -4.23. The predicted octanol–water partition coefficient (Wildman–Crippen LogP) is -0.378. The maximum Gasteiger partial charge on any atom is 0.357 e. The standard InChI is InChI=1S/C6H9NO5S/c1-12-6(5-8)3-2-4-7-13(9,10)11/h2-5,7H,1H3,(H,9,10,11). The summed E-state index contributed by atoms with van der Waals surface area (Å²) in [7, 11) is -2.93. The molecule has 74 valence electrons. The van der Waals surface area contributed by atoms with Crippen molar-refractivity contribution >= 4 is 16.6 Å². The Morgan fingerprint density at radius 1 is 1.54 bits per heavy atom. The fourth-order valence-corrected chi connectivity index (χ4v) is 0.674. The van der Waals surface area contributed by atoms with Crippen LogP contribution in [0, 0.1) is 0 Å². The summed E-state index contributed by atoms with van der Waals surface area (Å²) in [6.45, 7) is 0. The van der Waals surface area contributed by atoms with Crippen LogP contribution in [0.5, 0.6) is 0 Å². The second-order valence-electron chi connectivity index (χ2n) is 1.84. The summed E-state index contributed by atoms with van der Waals surface area (Å²) in [5, 5.41) is 0. The van der Waals surface area contributed by atoms with E-state index in [4.69, 9.17) is 4.55 Å². The largest absolute Gasteiger partial charge is 0.493 e. The van der Waals surface area contributed by atoms with Crippen molar-refractivity contribution in [2.75, 3.05) is 7.11 Å². The lowest BCUT2D eigenvalue weighted by Crippen LogP contribution is -2.15. The molecular formula is C6H9NO5S. The molecule has 0 bridgehead atoms. The van der Waals surface area contributed by atoms with Gasteiger partial charge >= 0.3 is 10.3 Å². The third kappa shape index (κ3) is 7.04. The molecule has 0 aliphatic carbocycles. The van der Waals surface area contributed by atoms with Crippen LogP contribution in [-0.4, -0.2) is 26.4 Å².